The lowest BCUT2D eigenvalue weighted by Crippen LogP contribution is -2.50. The highest BCUT2D eigenvalue weighted by Crippen LogP contribution is 2.27. The monoisotopic (exact) mass is 354 g/mol. The van der Waals surface area contributed by atoms with E-state index >= 15 is 0 Å². The van der Waals surface area contributed by atoms with Gasteiger partial charge in [-0.3, -0.25) is 0 Å². The number of halogens is 1. The lowest BCUT2D eigenvalue weighted by Gasteiger charge is -2.35. The molecule has 0 amide bonds. The van der Waals surface area contributed by atoms with Gasteiger partial charge in [-0.15, -0.1) is 0 Å². The second kappa shape index (κ2) is 7.93. The molecule has 0 bridgehead atoms. The van der Waals surface area contributed by atoms with Crippen LogP contribution in [0.15, 0.2) is 24.3 Å². The summed E-state index contributed by atoms with van der Waals surface area (Å²) < 4.78 is 40.1. The second-order valence-electron chi connectivity index (χ2n) is 6.93. The Kier molecular flexibility index (Phi) is 5.89. The van der Waals surface area contributed by atoms with Crippen LogP contribution in [0.25, 0.3) is 0 Å². The number of benzene rings is 1. The van der Waals surface area contributed by atoms with Crippen molar-refractivity contribution in [2.45, 2.75) is 43.8 Å². The number of hydrogen-bond donors (Lipinski definition) is 0. The molecule has 0 atom stereocenters. The summed E-state index contributed by atoms with van der Waals surface area (Å²) in [5, 5.41) is -0.142. The highest BCUT2D eigenvalue weighted by Gasteiger charge is 2.35. The molecule has 0 aromatic heterocycles. The van der Waals surface area contributed by atoms with Crippen molar-refractivity contribution in [3.8, 4) is 0 Å². The normalized spacial score (nSPS) is 21.4. The minimum Gasteiger partial charge on any atom is -0.301 e. The Morgan fingerprint density at radius 2 is 1.79 bits per heavy atom. The molecular formula is C18H27FN2O2S. The lowest BCUT2D eigenvalue weighted by molar-refractivity contribution is 0.186. The van der Waals surface area contributed by atoms with Crippen molar-refractivity contribution in [1.82, 2.24) is 9.21 Å². The van der Waals surface area contributed by atoms with Gasteiger partial charge >= 0.3 is 0 Å². The number of piperazine rings is 1. The fourth-order valence-electron chi connectivity index (χ4n) is 3.80. The second-order valence-corrected chi connectivity index (χ2v) is 9.14. The van der Waals surface area contributed by atoms with E-state index in [0.29, 0.717) is 13.1 Å². The summed E-state index contributed by atoms with van der Waals surface area (Å²) in [6.07, 6.45) is 5.58. The van der Waals surface area contributed by atoms with Crippen LogP contribution in [0.2, 0.25) is 0 Å². The fraction of sp³-hybridized carbons (Fsp3) is 0.667. The first-order valence-corrected chi connectivity index (χ1v) is 10.5. The minimum absolute atomic E-state index is 0.142. The maximum atomic E-state index is 13.2. The Labute approximate surface area is 144 Å². The van der Waals surface area contributed by atoms with Crippen molar-refractivity contribution in [3.63, 3.8) is 0 Å². The Morgan fingerprint density at radius 3 is 2.46 bits per heavy atom. The standard InChI is InChI=1S/C18H27FN2O2S/c19-17-7-3-5-16(15-17)6-4-10-20-11-13-21(14-12-20)24(22,23)18-8-1-2-9-18/h3,5,7,15,18H,1-2,4,6,8-14H2. The third kappa shape index (κ3) is 4.35. The number of aryl methyl sites for hydroxylation is 1. The van der Waals surface area contributed by atoms with Gasteiger partial charge in [0, 0.05) is 26.2 Å². The maximum absolute atomic E-state index is 13.2. The van der Waals surface area contributed by atoms with E-state index in [2.05, 4.69) is 4.90 Å². The van der Waals surface area contributed by atoms with Crippen molar-refractivity contribution in [2.24, 2.45) is 0 Å². The molecule has 3 rings (SSSR count). The van der Waals surface area contributed by atoms with E-state index in [0.717, 1.165) is 63.7 Å². The Hall–Kier alpha value is -0.980. The summed E-state index contributed by atoms with van der Waals surface area (Å²) in [6, 6.07) is 6.76. The number of sulfonamides is 1. The lowest BCUT2D eigenvalue weighted by atomic mass is 10.1. The molecule has 1 saturated heterocycles. The fourth-order valence-corrected chi connectivity index (χ4v) is 5.83. The number of hydrogen-bond acceptors (Lipinski definition) is 3. The van der Waals surface area contributed by atoms with Crippen molar-refractivity contribution >= 4 is 10.0 Å². The molecular weight excluding hydrogens is 327 g/mol. The largest absolute Gasteiger partial charge is 0.301 e. The quantitative estimate of drug-likeness (QED) is 0.789. The topological polar surface area (TPSA) is 40.6 Å². The zero-order valence-electron chi connectivity index (χ0n) is 14.2. The summed E-state index contributed by atoms with van der Waals surface area (Å²) >= 11 is 0. The van der Waals surface area contributed by atoms with Crippen LogP contribution in [0.4, 0.5) is 4.39 Å². The molecule has 1 heterocycles. The molecule has 24 heavy (non-hydrogen) atoms. The first kappa shape index (κ1) is 17.8. The van der Waals surface area contributed by atoms with Gasteiger partial charge in [-0.1, -0.05) is 25.0 Å². The van der Waals surface area contributed by atoms with Crippen LogP contribution in [0.3, 0.4) is 0 Å². The summed E-state index contributed by atoms with van der Waals surface area (Å²) in [6.45, 7) is 3.76. The molecule has 4 nitrogen and oxygen atoms in total. The van der Waals surface area contributed by atoms with Crippen molar-refractivity contribution in [2.75, 3.05) is 32.7 Å². The molecule has 0 N–H and O–H groups in total. The van der Waals surface area contributed by atoms with Crippen LogP contribution in [0, 0.1) is 5.82 Å². The molecule has 2 aliphatic rings. The van der Waals surface area contributed by atoms with Crippen LogP contribution in [0.5, 0.6) is 0 Å². The Morgan fingerprint density at radius 1 is 1.08 bits per heavy atom. The molecule has 134 valence electrons. The van der Waals surface area contributed by atoms with E-state index in [1.807, 2.05) is 6.07 Å². The molecule has 2 fully saturated rings. The molecule has 1 aromatic carbocycles. The van der Waals surface area contributed by atoms with Gasteiger partial charge in [0.25, 0.3) is 0 Å². The Balaban J connectivity index is 1.42. The molecule has 1 saturated carbocycles. The van der Waals surface area contributed by atoms with Crippen LogP contribution in [-0.2, 0) is 16.4 Å². The van der Waals surface area contributed by atoms with E-state index < -0.39 is 10.0 Å². The minimum atomic E-state index is -3.09. The summed E-state index contributed by atoms with van der Waals surface area (Å²) in [5.41, 5.74) is 1.03. The average Bonchev–Trinajstić information content (AvgIpc) is 3.11. The SMILES string of the molecule is O=S(=O)(C1CCCC1)N1CCN(CCCc2cccc(F)c2)CC1. The van der Waals surface area contributed by atoms with Crippen molar-refractivity contribution in [1.29, 1.82) is 0 Å². The third-order valence-electron chi connectivity index (χ3n) is 5.24. The molecule has 1 aliphatic carbocycles. The van der Waals surface area contributed by atoms with Gasteiger partial charge in [0.15, 0.2) is 0 Å². The molecule has 0 unspecified atom stereocenters. The number of rotatable bonds is 6. The van der Waals surface area contributed by atoms with Crippen molar-refractivity contribution in [3.05, 3.63) is 35.6 Å². The van der Waals surface area contributed by atoms with Gasteiger partial charge in [-0.2, -0.15) is 4.31 Å². The highest BCUT2D eigenvalue weighted by molar-refractivity contribution is 7.89. The van der Waals surface area contributed by atoms with Crippen LogP contribution >= 0.6 is 0 Å². The zero-order chi connectivity index (χ0) is 17.0. The first-order chi connectivity index (χ1) is 11.6. The highest BCUT2D eigenvalue weighted by atomic mass is 32.2. The van der Waals surface area contributed by atoms with Crippen LogP contribution in [0.1, 0.15) is 37.7 Å². The predicted molar refractivity (Wildman–Crippen MR) is 93.9 cm³/mol. The van der Waals surface area contributed by atoms with Gasteiger partial charge < -0.3 is 4.90 Å². The van der Waals surface area contributed by atoms with E-state index in [9.17, 15) is 12.8 Å². The molecule has 1 aromatic rings. The van der Waals surface area contributed by atoms with Gasteiger partial charge in [-0.05, 0) is 49.9 Å². The average molecular weight is 354 g/mol. The molecule has 1 aliphatic heterocycles. The van der Waals surface area contributed by atoms with Crippen LogP contribution < -0.4 is 0 Å². The first-order valence-electron chi connectivity index (χ1n) is 9.01. The molecule has 0 radical (unpaired) electrons. The summed E-state index contributed by atoms with van der Waals surface area (Å²) in [4.78, 5) is 2.32. The van der Waals surface area contributed by atoms with Gasteiger partial charge in [0.1, 0.15) is 5.82 Å². The number of nitrogens with zero attached hydrogens (tertiary/aromatic N) is 2. The van der Waals surface area contributed by atoms with Gasteiger partial charge in [0.05, 0.1) is 5.25 Å². The zero-order valence-corrected chi connectivity index (χ0v) is 15.0. The predicted octanol–water partition coefficient (Wildman–Crippen LogP) is 2.65. The van der Waals surface area contributed by atoms with Crippen LogP contribution in [-0.4, -0.2) is 55.6 Å². The summed E-state index contributed by atoms with van der Waals surface area (Å²) in [7, 11) is -3.09. The van der Waals surface area contributed by atoms with E-state index in [1.165, 1.54) is 6.07 Å². The van der Waals surface area contributed by atoms with Gasteiger partial charge in [-0.25, -0.2) is 12.8 Å². The maximum Gasteiger partial charge on any atom is 0.217 e. The van der Waals surface area contributed by atoms with Gasteiger partial charge in [0.2, 0.25) is 10.0 Å². The smallest absolute Gasteiger partial charge is 0.217 e. The molecule has 0 spiro atoms. The summed E-state index contributed by atoms with van der Waals surface area (Å²) in [5.74, 6) is -0.182. The van der Waals surface area contributed by atoms with E-state index in [1.54, 1.807) is 16.4 Å². The molecule has 6 heteroatoms. The third-order valence-corrected chi connectivity index (χ3v) is 7.64. The van der Waals surface area contributed by atoms with E-state index in [4.69, 9.17) is 0 Å². The Bertz CT molecular complexity index is 636. The van der Waals surface area contributed by atoms with E-state index in [-0.39, 0.29) is 11.1 Å². The van der Waals surface area contributed by atoms with Crippen molar-refractivity contribution < 1.29 is 12.8 Å².